The van der Waals surface area contributed by atoms with Crippen LogP contribution in [0.5, 0.6) is 0 Å². The Morgan fingerprint density at radius 1 is 1.09 bits per heavy atom. The van der Waals surface area contributed by atoms with Crippen LogP contribution in [0, 0.1) is 5.82 Å². The van der Waals surface area contributed by atoms with Gasteiger partial charge in [0.15, 0.2) is 0 Å². The predicted molar refractivity (Wildman–Crippen MR) is 112 cm³/mol. The molecule has 3 heterocycles. The van der Waals surface area contributed by atoms with E-state index in [1.54, 1.807) is 31.4 Å². The Bertz CT molecular complexity index is 1300. The molecule has 2 N–H and O–H groups in total. The number of halogens is 4. The van der Waals surface area contributed by atoms with Gasteiger partial charge in [0, 0.05) is 31.4 Å². The van der Waals surface area contributed by atoms with Crippen LogP contribution in [0.1, 0.15) is 21.6 Å². The molecular weight excluding hydrogens is 426 g/mol. The van der Waals surface area contributed by atoms with E-state index in [0.29, 0.717) is 23.3 Å². The molecule has 0 fully saturated rings. The molecule has 4 aromatic rings. The third kappa shape index (κ3) is 4.25. The van der Waals surface area contributed by atoms with Crippen molar-refractivity contribution in [2.24, 2.45) is 0 Å². The lowest BCUT2D eigenvalue weighted by molar-refractivity contribution is -0.137. The van der Waals surface area contributed by atoms with Crippen LogP contribution in [0.3, 0.4) is 0 Å². The van der Waals surface area contributed by atoms with E-state index in [1.807, 2.05) is 0 Å². The summed E-state index contributed by atoms with van der Waals surface area (Å²) in [6, 6.07) is 11.3. The lowest BCUT2D eigenvalue weighted by Crippen LogP contribution is -2.18. The number of anilines is 2. The lowest BCUT2D eigenvalue weighted by Gasteiger charge is -2.13. The Kier molecular flexibility index (Phi) is 5.52. The van der Waals surface area contributed by atoms with Crippen molar-refractivity contribution in [3.8, 4) is 0 Å². The quantitative estimate of drug-likeness (QED) is 0.429. The molecule has 164 valence electrons. The summed E-state index contributed by atoms with van der Waals surface area (Å²) in [5.74, 6) is -0.616. The summed E-state index contributed by atoms with van der Waals surface area (Å²) in [5.41, 5.74) is 0.237. The molecule has 0 aliphatic rings. The van der Waals surface area contributed by atoms with Crippen molar-refractivity contribution in [1.29, 1.82) is 0 Å². The van der Waals surface area contributed by atoms with Crippen molar-refractivity contribution in [3.05, 3.63) is 83.6 Å². The van der Waals surface area contributed by atoms with Gasteiger partial charge in [-0.25, -0.2) is 14.4 Å². The van der Waals surface area contributed by atoms with Gasteiger partial charge in [-0.05, 0) is 42.0 Å². The first-order valence-corrected chi connectivity index (χ1v) is 9.51. The van der Waals surface area contributed by atoms with Crippen LogP contribution >= 0.6 is 0 Å². The number of nitrogens with one attached hydrogen (secondary N) is 2. The second-order valence-electron chi connectivity index (χ2n) is 6.98. The van der Waals surface area contributed by atoms with Gasteiger partial charge in [0.05, 0.1) is 11.3 Å². The van der Waals surface area contributed by atoms with Crippen LogP contribution in [0.25, 0.3) is 11.0 Å². The molecule has 4 rings (SSSR count). The highest BCUT2D eigenvalue weighted by atomic mass is 19.4. The highest BCUT2D eigenvalue weighted by Gasteiger charge is 2.32. The van der Waals surface area contributed by atoms with Gasteiger partial charge < -0.3 is 15.2 Å². The number of carbonyl (C=O) groups is 1. The van der Waals surface area contributed by atoms with E-state index in [4.69, 9.17) is 0 Å². The highest BCUT2D eigenvalue weighted by Crippen LogP contribution is 2.32. The molecule has 1 amide bonds. The van der Waals surface area contributed by atoms with Crippen LogP contribution in [0.4, 0.5) is 29.1 Å². The normalized spacial score (nSPS) is 11.5. The number of benzene rings is 1. The zero-order valence-corrected chi connectivity index (χ0v) is 16.7. The first-order valence-electron chi connectivity index (χ1n) is 9.51. The van der Waals surface area contributed by atoms with Gasteiger partial charge in [-0.1, -0.05) is 12.1 Å². The summed E-state index contributed by atoms with van der Waals surface area (Å²) in [4.78, 5) is 21.2. The Morgan fingerprint density at radius 3 is 2.62 bits per heavy atom. The monoisotopic (exact) mass is 443 g/mol. The van der Waals surface area contributed by atoms with Crippen molar-refractivity contribution in [1.82, 2.24) is 14.5 Å². The topological polar surface area (TPSA) is 71.8 Å². The molecule has 6 nitrogen and oxygen atoms in total. The number of fused-ring (bicyclic) bond motifs is 1. The third-order valence-electron chi connectivity index (χ3n) is 4.82. The van der Waals surface area contributed by atoms with Gasteiger partial charge in [-0.3, -0.25) is 4.79 Å². The van der Waals surface area contributed by atoms with E-state index >= 15 is 0 Å². The van der Waals surface area contributed by atoms with Crippen molar-refractivity contribution in [3.63, 3.8) is 0 Å². The molecule has 0 spiro atoms. The summed E-state index contributed by atoms with van der Waals surface area (Å²) >= 11 is 0. The van der Waals surface area contributed by atoms with Gasteiger partial charge >= 0.3 is 6.18 Å². The van der Waals surface area contributed by atoms with Crippen molar-refractivity contribution < 1.29 is 22.4 Å². The Hall–Kier alpha value is -3.95. The predicted octanol–water partition coefficient (Wildman–Crippen LogP) is 4.93. The van der Waals surface area contributed by atoms with Crippen LogP contribution in [-0.2, 0) is 12.7 Å². The molecule has 0 radical (unpaired) electrons. The SMILES string of the molecule is CNc1ncccc1NC(=O)c1cc2cc(C(F)(F)F)cnc2n1Cc1cccc(F)c1. The minimum Gasteiger partial charge on any atom is -0.371 e. The standard InChI is InChI=1S/C22H17F4N5O/c1-27-19-17(6-3-7-28-19)30-21(32)18-10-14-9-15(22(24,25)26)11-29-20(14)31(18)12-13-4-2-5-16(23)8-13/h2-11H,12H2,1H3,(H,27,28)(H,30,32). The van der Waals surface area contributed by atoms with Crippen LogP contribution in [0.2, 0.25) is 0 Å². The number of pyridine rings is 2. The molecule has 0 atom stereocenters. The number of amides is 1. The maximum atomic E-state index is 13.7. The Morgan fingerprint density at radius 2 is 1.91 bits per heavy atom. The van der Waals surface area contributed by atoms with Gasteiger partial charge in [0.25, 0.3) is 5.91 Å². The molecule has 10 heteroatoms. The maximum absolute atomic E-state index is 13.7. The summed E-state index contributed by atoms with van der Waals surface area (Å²) in [6.45, 7) is 0.0360. The van der Waals surface area contributed by atoms with Crippen molar-refractivity contribution in [2.45, 2.75) is 12.7 Å². The number of alkyl halides is 3. The highest BCUT2D eigenvalue weighted by molar-refractivity contribution is 6.07. The fraction of sp³-hybridized carbons (Fsp3) is 0.136. The fourth-order valence-electron chi connectivity index (χ4n) is 3.36. The fourth-order valence-corrected chi connectivity index (χ4v) is 3.36. The van der Waals surface area contributed by atoms with Crippen LogP contribution in [-0.4, -0.2) is 27.5 Å². The summed E-state index contributed by atoms with van der Waals surface area (Å²) in [5, 5.41) is 5.70. The van der Waals surface area contributed by atoms with Crippen molar-refractivity contribution >= 4 is 28.4 Å². The van der Waals surface area contributed by atoms with Crippen LogP contribution in [0.15, 0.2) is 60.9 Å². The van der Waals surface area contributed by atoms with E-state index in [2.05, 4.69) is 20.6 Å². The van der Waals surface area contributed by atoms with Gasteiger partial charge in [-0.15, -0.1) is 0 Å². The molecular formula is C22H17F4N5O. The minimum absolute atomic E-state index is 0.0360. The van der Waals surface area contributed by atoms with E-state index in [-0.39, 0.29) is 23.3 Å². The van der Waals surface area contributed by atoms with Gasteiger partial charge in [-0.2, -0.15) is 13.2 Å². The first-order chi connectivity index (χ1) is 15.3. The summed E-state index contributed by atoms with van der Waals surface area (Å²) < 4.78 is 54.6. The second kappa shape index (κ2) is 8.29. The molecule has 0 saturated carbocycles. The molecule has 0 unspecified atom stereocenters. The molecule has 0 saturated heterocycles. The van der Waals surface area contributed by atoms with Gasteiger partial charge in [0.1, 0.15) is 23.0 Å². The largest absolute Gasteiger partial charge is 0.417 e. The first kappa shape index (κ1) is 21.3. The Balaban J connectivity index is 1.80. The van der Waals surface area contributed by atoms with E-state index < -0.39 is 23.5 Å². The molecule has 3 aromatic heterocycles. The van der Waals surface area contributed by atoms with E-state index in [9.17, 15) is 22.4 Å². The molecule has 1 aromatic carbocycles. The number of rotatable bonds is 5. The zero-order chi connectivity index (χ0) is 22.9. The molecule has 0 bridgehead atoms. The smallest absolute Gasteiger partial charge is 0.371 e. The van der Waals surface area contributed by atoms with Crippen LogP contribution < -0.4 is 10.6 Å². The number of aromatic nitrogens is 3. The zero-order valence-electron chi connectivity index (χ0n) is 16.7. The lowest BCUT2D eigenvalue weighted by atomic mass is 10.2. The number of nitrogens with zero attached hydrogens (tertiary/aromatic N) is 3. The number of hydrogen-bond donors (Lipinski definition) is 2. The molecule has 0 aliphatic carbocycles. The summed E-state index contributed by atoms with van der Waals surface area (Å²) in [6.07, 6.45) is -2.32. The molecule has 32 heavy (non-hydrogen) atoms. The average Bonchev–Trinajstić information content (AvgIpc) is 3.11. The third-order valence-corrected chi connectivity index (χ3v) is 4.82. The van der Waals surface area contributed by atoms with E-state index in [1.165, 1.54) is 28.8 Å². The van der Waals surface area contributed by atoms with Gasteiger partial charge in [0.2, 0.25) is 0 Å². The number of carbonyl (C=O) groups excluding carboxylic acids is 1. The van der Waals surface area contributed by atoms with E-state index in [0.717, 1.165) is 6.07 Å². The number of hydrogen-bond acceptors (Lipinski definition) is 4. The Labute approximate surface area is 179 Å². The minimum atomic E-state index is -4.58. The maximum Gasteiger partial charge on any atom is 0.417 e. The average molecular weight is 443 g/mol. The summed E-state index contributed by atoms with van der Waals surface area (Å²) in [7, 11) is 1.64. The molecule has 0 aliphatic heterocycles. The van der Waals surface area contributed by atoms with Crippen molar-refractivity contribution in [2.75, 3.05) is 17.7 Å². The second-order valence-corrected chi connectivity index (χ2v) is 6.98.